The fourth-order valence-corrected chi connectivity index (χ4v) is 8.79. The van der Waals surface area contributed by atoms with Crippen molar-refractivity contribution in [1.29, 1.82) is 0 Å². The quantitative estimate of drug-likeness (QED) is 0.121. The van der Waals surface area contributed by atoms with Gasteiger partial charge < -0.3 is 18.9 Å². The molecule has 2 aromatic carbocycles. The third-order valence-electron chi connectivity index (χ3n) is 10.5. The summed E-state index contributed by atoms with van der Waals surface area (Å²) in [7, 11) is -3.64. The maximum absolute atomic E-state index is 13.5. The van der Waals surface area contributed by atoms with Gasteiger partial charge in [0.1, 0.15) is 11.5 Å². The number of benzene rings is 2. The van der Waals surface area contributed by atoms with Crippen LogP contribution in [0.4, 0.5) is 0 Å². The van der Waals surface area contributed by atoms with Crippen LogP contribution in [-0.4, -0.2) is 79.9 Å². The monoisotopic (exact) mass is 842 g/mol. The Balaban J connectivity index is 0.000000221. The van der Waals surface area contributed by atoms with Gasteiger partial charge in [0.15, 0.2) is 27.2 Å². The summed E-state index contributed by atoms with van der Waals surface area (Å²) in [5.41, 5.74) is 4.09. The van der Waals surface area contributed by atoms with Crippen LogP contribution in [0.3, 0.4) is 0 Å². The van der Waals surface area contributed by atoms with Crippen LogP contribution >= 0.6 is 11.6 Å². The molecule has 1 saturated heterocycles. The molecule has 1 aromatic heterocycles. The van der Waals surface area contributed by atoms with E-state index in [-0.39, 0.29) is 64.7 Å². The molecule has 316 valence electrons. The van der Waals surface area contributed by atoms with Gasteiger partial charge in [-0.25, -0.2) is 17.8 Å². The van der Waals surface area contributed by atoms with Crippen LogP contribution in [0.2, 0.25) is 5.02 Å². The Morgan fingerprint density at radius 1 is 0.914 bits per heavy atom. The third-order valence-corrected chi connectivity index (χ3v) is 12.1. The third kappa shape index (κ3) is 10.1. The molecule has 0 amide bonds. The number of fused-ring (bicyclic) bond motifs is 1. The van der Waals surface area contributed by atoms with E-state index in [2.05, 4.69) is 32.9 Å². The van der Waals surface area contributed by atoms with Crippen LogP contribution in [0, 0.1) is 18.3 Å². The molecular formula is C43H55ClN2O11S. The summed E-state index contributed by atoms with van der Waals surface area (Å²) in [6.45, 7) is 14.3. The first-order valence-electron chi connectivity index (χ1n) is 20.0. The first kappa shape index (κ1) is 45.1. The maximum atomic E-state index is 13.5. The van der Waals surface area contributed by atoms with E-state index in [0.29, 0.717) is 50.8 Å². The summed E-state index contributed by atoms with van der Waals surface area (Å²) in [5.74, 6) is -2.92. The van der Waals surface area contributed by atoms with Crippen LogP contribution < -0.4 is 10.3 Å². The highest BCUT2D eigenvalue weighted by atomic mass is 35.5. The van der Waals surface area contributed by atoms with Crippen molar-refractivity contribution in [2.75, 3.05) is 32.7 Å². The van der Waals surface area contributed by atoms with Crippen LogP contribution in [-0.2, 0) is 71.0 Å². The zero-order chi connectivity index (χ0) is 42.5. The summed E-state index contributed by atoms with van der Waals surface area (Å²) in [6, 6.07) is 6.79. The minimum absolute atomic E-state index is 0.0385. The molecule has 2 fully saturated rings. The number of halogens is 1. The number of ketones is 3. The van der Waals surface area contributed by atoms with E-state index in [1.807, 2.05) is 20.8 Å². The highest BCUT2D eigenvalue weighted by Gasteiger charge is 2.38. The molecule has 1 saturated carbocycles. The van der Waals surface area contributed by atoms with Gasteiger partial charge in [-0.1, -0.05) is 43.1 Å². The number of nitrogens with zero attached hydrogens (tertiary/aromatic N) is 2. The molecule has 1 unspecified atom stereocenters. The van der Waals surface area contributed by atoms with Crippen molar-refractivity contribution in [3.8, 4) is 17.0 Å². The number of aryl methyl sites for hydroxylation is 3. The van der Waals surface area contributed by atoms with Gasteiger partial charge >= 0.3 is 5.97 Å². The second-order valence-electron chi connectivity index (χ2n) is 16.1. The Bertz CT molecular complexity index is 2190. The summed E-state index contributed by atoms with van der Waals surface area (Å²) in [4.78, 5) is 63.5. The minimum Gasteiger partial charge on any atom is -0.407 e. The Hall–Kier alpha value is -3.95. The molecule has 3 aliphatic rings. The van der Waals surface area contributed by atoms with Crippen molar-refractivity contribution in [2.45, 2.75) is 117 Å². The van der Waals surface area contributed by atoms with Gasteiger partial charge in [0.2, 0.25) is 5.88 Å². The number of carbonyl (C=O) groups excluding carboxylic acids is 4. The molecule has 0 spiro atoms. The smallest absolute Gasteiger partial charge is 0.317 e. The summed E-state index contributed by atoms with van der Waals surface area (Å²) in [6.07, 6.45) is 5.14. The lowest BCUT2D eigenvalue weighted by atomic mass is 9.81. The fourth-order valence-electron chi connectivity index (χ4n) is 7.49. The highest BCUT2D eigenvalue weighted by Crippen LogP contribution is 2.37. The van der Waals surface area contributed by atoms with Gasteiger partial charge in [-0.2, -0.15) is 0 Å². The molecular weight excluding hydrogens is 788 g/mol. The molecule has 1 atom stereocenters. The number of Topliss-reactive ketones (excluding diaryl/α,β-unsaturated/α-hetero) is 3. The fraction of sp³-hybridized carbons (Fsp3) is 0.558. The molecule has 0 N–H and O–H groups in total. The van der Waals surface area contributed by atoms with E-state index in [9.17, 15) is 32.4 Å². The van der Waals surface area contributed by atoms with E-state index in [0.717, 1.165) is 48.6 Å². The maximum Gasteiger partial charge on any atom is 0.317 e. The average molecular weight is 843 g/mol. The van der Waals surface area contributed by atoms with Gasteiger partial charge in [-0.05, 0) is 88.6 Å². The Morgan fingerprint density at radius 3 is 2.09 bits per heavy atom. The summed E-state index contributed by atoms with van der Waals surface area (Å²) < 4.78 is 50.4. The lowest BCUT2D eigenvalue weighted by molar-refractivity contribution is -0.143. The van der Waals surface area contributed by atoms with Crippen molar-refractivity contribution in [2.24, 2.45) is 11.3 Å². The predicted molar refractivity (Wildman–Crippen MR) is 218 cm³/mol. The summed E-state index contributed by atoms with van der Waals surface area (Å²) >= 11 is 6.41. The summed E-state index contributed by atoms with van der Waals surface area (Å²) in [5, 5.41) is -0.101. The average Bonchev–Trinajstić information content (AvgIpc) is 3.67. The van der Waals surface area contributed by atoms with E-state index in [1.54, 1.807) is 9.36 Å². The molecule has 3 aromatic rings. The Labute approximate surface area is 345 Å². The van der Waals surface area contributed by atoms with E-state index in [1.165, 1.54) is 17.7 Å². The molecule has 0 bridgehead atoms. The first-order chi connectivity index (χ1) is 27.4. The van der Waals surface area contributed by atoms with Gasteiger partial charge in [0, 0.05) is 36.8 Å². The molecule has 0 radical (unpaired) electrons. The Morgan fingerprint density at radius 2 is 1.53 bits per heavy atom. The SMILES string of the molecule is CCc1cc(C)cc(CC)c1-c1c(OC(=O)C(C)(C)C)n2n(c1=O)CCOCC2.CS(=O)(=O)c1ccc(C(=O)C2C(=O)CCCC2=O)c(Cl)c1COCC1CCCO1. The van der Waals surface area contributed by atoms with E-state index in [4.69, 9.17) is 30.5 Å². The van der Waals surface area contributed by atoms with Crippen LogP contribution in [0.1, 0.15) is 99.3 Å². The number of hydrogen-bond donors (Lipinski definition) is 0. The number of sulfone groups is 1. The topological polar surface area (TPSA) is 166 Å². The minimum atomic E-state index is -3.64. The van der Waals surface area contributed by atoms with Crippen molar-refractivity contribution in [3.05, 3.63) is 67.5 Å². The predicted octanol–water partition coefficient (Wildman–Crippen LogP) is 6.29. The molecule has 3 heterocycles. The number of hydrogen-bond acceptors (Lipinski definition) is 11. The van der Waals surface area contributed by atoms with Crippen LogP contribution in [0.5, 0.6) is 5.88 Å². The van der Waals surface area contributed by atoms with Crippen LogP contribution in [0.15, 0.2) is 34.0 Å². The van der Waals surface area contributed by atoms with Crippen molar-refractivity contribution < 1.29 is 46.5 Å². The number of aromatic nitrogens is 2. The highest BCUT2D eigenvalue weighted by molar-refractivity contribution is 7.90. The molecule has 6 rings (SSSR count). The molecule has 58 heavy (non-hydrogen) atoms. The molecule has 1 aliphatic carbocycles. The number of rotatable bonds is 11. The number of esters is 1. The number of ether oxygens (including phenoxy) is 4. The zero-order valence-electron chi connectivity index (χ0n) is 34.5. The standard InChI is InChI=1S/C23H32N2O4.C20H23ClO7S/c1-7-16-13-15(3)14-17(8-2)18(16)19-20(26)24-9-11-28-12-10-25(24)21(19)29-22(27)23(4,5)6;1-29(25,26)17-8-7-13(20(24)18-15(22)5-2-6-16(18)23)19(21)14(17)11-27-10-12-4-3-9-28-12/h13-14H,7-12H2,1-6H3;7-8,12,18H,2-6,9-11H2,1H3. The Kier molecular flexibility index (Phi) is 14.8. The van der Waals surface area contributed by atoms with Gasteiger partial charge in [-0.15, -0.1) is 0 Å². The molecule has 15 heteroatoms. The van der Waals surface area contributed by atoms with Crippen molar-refractivity contribution in [3.63, 3.8) is 0 Å². The largest absolute Gasteiger partial charge is 0.407 e. The van der Waals surface area contributed by atoms with Gasteiger partial charge in [0.25, 0.3) is 5.56 Å². The second kappa shape index (κ2) is 19.0. The molecule has 2 aliphatic heterocycles. The number of carbonyl (C=O) groups is 4. The van der Waals surface area contributed by atoms with E-state index >= 15 is 0 Å². The van der Waals surface area contributed by atoms with Gasteiger partial charge in [0.05, 0.1) is 61.0 Å². The molecule has 13 nitrogen and oxygen atoms in total. The first-order valence-corrected chi connectivity index (χ1v) is 22.2. The van der Waals surface area contributed by atoms with Gasteiger partial charge in [-0.3, -0.25) is 24.0 Å². The zero-order valence-corrected chi connectivity index (χ0v) is 36.1. The lowest BCUT2D eigenvalue weighted by Gasteiger charge is -2.20. The van der Waals surface area contributed by atoms with Crippen molar-refractivity contribution in [1.82, 2.24) is 9.36 Å². The normalized spacial score (nSPS) is 17.7. The van der Waals surface area contributed by atoms with Crippen LogP contribution in [0.25, 0.3) is 11.1 Å². The van der Waals surface area contributed by atoms with E-state index < -0.39 is 38.5 Å². The van der Waals surface area contributed by atoms with Crippen molar-refractivity contribution >= 4 is 44.8 Å². The second-order valence-corrected chi connectivity index (χ2v) is 18.4. The lowest BCUT2D eigenvalue weighted by Crippen LogP contribution is -2.35.